The van der Waals surface area contributed by atoms with E-state index >= 15 is 0 Å². The van der Waals surface area contributed by atoms with Crippen LogP contribution in [0.25, 0.3) is 0 Å². The SMILES string of the molecule is COC1CCC2CC3NCCC4(CC(O)CCC34O)C2C1. The summed E-state index contributed by atoms with van der Waals surface area (Å²) in [6, 6.07) is 0.235. The number of fused-ring (bicyclic) bond motifs is 1. The maximum atomic E-state index is 11.6. The standard InChI is InChI=1S/C17H29NO3/c1-21-13-3-2-11-8-15-17(20)5-4-12(19)10-16(17,6-7-18-15)14(11)9-13/h11-15,18-20H,2-10H2,1H3. The summed E-state index contributed by atoms with van der Waals surface area (Å²) >= 11 is 0. The zero-order chi connectivity index (χ0) is 14.7. The monoisotopic (exact) mass is 295 g/mol. The lowest BCUT2D eigenvalue weighted by molar-refractivity contribution is -0.247. The van der Waals surface area contributed by atoms with Gasteiger partial charge in [-0.1, -0.05) is 0 Å². The smallest absolute Gasteiger partial charge is 0.0861 e. The number of rotatable bonds is 1. The first kappa shape index (κ1) is 14.4. The molecule has 4 heteroatoms. The molecule has 120 valence electrons. The van der Waals surface area contributed by atoms with Crippen LogP contribution in [0.15, 0.2) is 0 Å². The van der Waals surface area contributed by atoms with Gasteiger partial charge in [-0.05, 0) is 69.7 Å². The van der Waals surface area contributed by atoms with Crippen LogP contribution in [-0.4, -0.2) is 47.7 Å². The second-order valence-corrected chi connectivity index (χ2v) is 8.01. The molecule has 3 aliphatic carbocycles. The van der Waals surface area contributed by atoms with Crippen LogP contribution in [0.3, 0.4) is 0 Å². The predicted octanol–water partition coefficient (Wildman–Crippen LogP) is 1.45. The summed E-state index contributed by atoms with van der Waals surface area (Å²) in [5.41, 5.74) is -0.692. The summed E-state index contributed by atoms with van der Waals surface area (Å²) in [7, 11) is 1.82. The van der Waals surface area contributed by atoms with Crippen molar-refractivity contribution < 1.29 is 14.9 Å². The van der Waals surface area contributed by atoms with E-state index in [0.717, 1.165) is 51.5 Å². The molecule has 0 aromatic carbocycles. The van der Waals surface area contributed by atoms with Crippen molar-refractivity contribution in [3.05, 3.63) is 0 Å². The molecule has 3 N–H and O–H groups in total. The molecule has 0 aromatic rings. The Labute approximate surface area is 127 Å². The van der Waals surface area contributed by atoms with Gasteiger partial charge in [0.1, 0.15) is 0 Å². The molecular weight excluding hydrogens is 266 g/mol. The van der Waals surface area contributed by atoms with Gasteiger partial charge in [0.05, 0.1) is 17.8 Å². The largest absolute Gasteiger partial charge is 0.393 e. The summed E-state index contributed by atoms with van der Waals surface area (Å²) < 4.78 is 5.65. The van der Waals surface area contributed by atoms with Crippen LogP contribution in [0.2, 0.25) is 0 Å². The lowest BCUT2D eigenvalue weighted by Crippen LogP contribution is -2.74. The molecule has 7 atom stereocenters. The molecule has 0 amide bonds. The fraction of sp³-hybridized carbons (Fsp3) is 1.00. The van der Waals surface area contributed by atoms with Crippen molar-refractivity contribution in [1.29, 1.82) is 0 Å². The Morgan fingerprint density at radius 1 is 1.14 bits per heavy atom. The minimum atomic E-state index is -0.610. The lowest BCUT2D eigenvalue weighted by Gasteiger charge is -2.67. The molecule has 4 rings (SSSR count). The molecule has 0 aromatic heterocycles. The Morgan fingerprint density at radius 2 is 2.00 bits per heavy atom. The molecule has 4 fully saturated rings. The zero-order valence-corrected chi connectivity index (χ0v) is 13.1. The van der Waals surface area contributed by atoms with Gasteiger partial charge in [0.2, 0.25) is 0 Å². The van der Waals surface area contributed by atoms with E-state index in [1.807, 2.05) is 7.11 Å². The highest BCUT2D eigenvalue weighted by Crippen LogP contribution is 2.63. The molecule has 0 radical (unpaired) electrons. The summed E-state index contributed by atoms with van der Waals surface area (Å²) in [6.07, 6.45) is 7.97. The molecule has 1 aliphatic heterocycles. The van der Waals surface area contributed by atoms with Crippen LogP contribution in [0.5, 0.6) is 0 Å². The van der Waals surface area contributed by atoms with Gasteiger partial charge < -0.3 is 20.3 Å². The maximum Gasteiger partial charge on any atom is 0.0861 e. The second-order valence-electron chi connectivity index (χ2n) is 8.01. The molecule has 4 nitrogen and oxygen atoms in total. The third-order valence-corrected chi connectivity index (χ3v) is 7.39. The molecule has 21 heavy (non-hydrogen) atoms. The summed E-state index contributed by atoms with van der Waals surface area (Å²) in [6.45, 7) is 0.987. The Hall–Kier alpha value is -0.160. The third kappa shape index (κ3) is 1.89. The van der Waals surface area contributed by atoms with E-state index in [9.17, 15) is 10.2 Å². The zero-order valence-electron chi connectivity index (χ0n) is 13.1. The first-order chi connectivity index (χ1) is 10.1. The Morgan fingerprint density at radius 3 is 2.81 bits per heavy atom. The van der Waals surface area contributed by atoms with E-state index < -0.39 is 5.60 Å². The number of nitrogens with one attached hydrogen (secondary N) is 1. The van der Waals surface area contributed by atoms with Crippen molar-refractivity contribution in [3.63, 3.8) is 0 Å². The molecule has 2 bridgehead atoms. The number of ether oxygens (including phenoxy) is 1. The van der Waals surface area contributed by atoms with Crippen LogP contribution >= 0.6 is 0 Å². The van der Waals surface area contributed by atoms with Crippen molar-refractivity contribution in [2.75, 3.05) is 13.7 Å². The number of methoxy groups -OCH3 is 1. The van der Waals surface area contributed by atoms with Gasteiger partial charge >= 0.3 is 0 Å². The molecule has 4 aliphatic rings. The number of hydrogen-bond donors (Lipinski definition) is 3. The topological polar surface area (TPSA) is 61.7 Å². The minimum absolute atomic E-state index is 0.0826. The average molecular weight is 295 g/mol. The molecule has 1 saturated heterocycles. The van der Waals surface area contributed by atoms with Crippen LogP contribution in [0.4, 0.5) is 0 Å². The third-order valence-electron chi connectivity index (χ3n) is 7.39. The van der Waals surface area contributed by atoms with Crippen LogP contribution in [-0.2, 0) is 4.74 Å². The van der Waals surface area contributed by atoms with Gasteiger partial charge in [-0.25, -0.2) is 0 Å². The van der Waals surface area contributed by atoms with Crippen molar-refractivity contribution in [3.8, 4) is 0 Å². The molecule has 3 saturated carbocycles. The summed E-state index contributed by atoms with van der Waals surface area (Å²) in [4.78, 5) is 0. The van der Waals surface area contributed by atoms with E-state index in [1.165, 1.54) is 6.42 Å². The van der Waals surface area contributed by atoms with Crippen molar-refractivity contribution in [2.24, 2.45) is 17.3 Å². The van der Waals surface area contributed by atoms with Crippen LogP contribution in [0, 0.1) is 17.3 Å². The van der Waals surface area contributed by atoms with Gasteiger partial charge in [0, 0.05) is 18.6 Å². The van der Waals surface area contributed by atoms with Crippen LogP contribution < -0.4 is 5.32 Å². The number of hydrogen-bond acceptors (Lipinski definition) is 4. The van der Waals surface area contributed by atoms with Crippen LogP contribution in [0.1, 0.15) is 51.4 Å². The first-order valence-corrected chi connectivity index (χ1v) is 8.76. The van der Waals surface area contributed by atoms with Gasteiger partial charge in [-0.15, -0.1) is 0 Å². The van der Waals surface area contributed by atoms with Gasteiger partial charge in [0.15, 0.2) is 0 Å². The van der Waals surface area contributed by atoms with Crippen molar-refractivity contribution >= 4 is 0 Å². The van der Waals surface area contributed by atoms with Crippen molar-refractivity contribution in [2.45, 2.75) is 75.2 Å². The van der Waals surface area contributed by atoms with E-state index in [1.54, 1.807) is 0 Å². The number of aliphatic hydroxyl groups is 2. The fourth-order valence-electron chi connectivity index (χ4n) is 6.42. The number of aliphatic hydroxyl groups excluding tert-OH is 1. The second kappa shape index (κ2) is 4.92. The minimum Gasteiger partial charge on any atom is -0.393 e. The maximum absolute atomic E-state index is 11.6. The average Bonchev–Trinajstić information content (AvgIpc) is 2.47. The van der Waals surface area contributed by atoms with Crippen molar-refractivity contribution in [1.82, 2.24) is 5.32 Å². The summed E-state index contributed by atoms with van der Waals surface area (Å²) in [5, 5.41) is 25.5. The Bertz CT molecular complexity index is 417. The first-order valence-electron chi connectivity index (χ1n) is 8.76. The molecular formula is C17H29NO3. The summed E-state index contributed by atoms with van der Waals surface area (Å²) in [5.74, 6) is 1.22. The van der Waals surface area contributed by atoms with E-state index in [2.05, 4.69) is 5.32 Å². The Kier molecular flexibility index (Phi) is 3.38. The fourth-order valence-corrected chi connectivity index (χ4v) is 6.42. The molecule has 1 heterocycles. The van der Waals surface area contributed by atoms with E-state index in [-0.39, 0.29) is 17.6 Å². The van der Waals surface area contributed by atoms with E-state index in [4.69, 9.17) is 4.74 Å². The highest BCUT2D eigenvalue weighted by molar-refractivity contribution is 5.19. The van der Waals surface area contributed by atoms with Gasteiger partial charge in [0.25, 0.3) is 0 Å². The highest BCUT2D eigenvalue weighted by atomic mass is 16.5. The molecule has 7 unspecified atom stereocenters. The highest BCUT2D eigenvalue weighted by Gasteiger charge is 2.66. The van der Waals surface area contributed by atoms with Gasteiger partial charge in [-0.2, -0.15) is 0 Å². The normalized spacial score (nSPS) is 56.4. The lowest BCUT2D eigenvalue weighted by atomic mass is 9.43. The van der Waals surface area contributed by atoms with Gasteiger partial charge in [-0.3, -0.25) is 0 Å². The molecule has 0 spiro atoms. The van der Waals surface area contributed by atoms with E-state index in [0.29, 0.717) is 17.9 Å². The quantitative estimate of drug-likeness (QED) is 0.685. The predicted molar refractivity (Wildman–Crippen MR) is 79.9 cm³/mol. The number of piperidine rings is 1. The Balaban J connectivity index is 1.73.